The molecule has 1 unspecified atom stereocenters. The summed E-state index contributed by atoms with van der Waals surface area (Å²) in [5.74, 6) is 0.510. The third-order valence-electron chi connectivity index (χ3n) is 7.19. The minimum Gasteiger partial charge on any atom is -0.444 e. The van der Waals surface area contributed by atoms with E-state index >= 15 is 4.39 Å². The lowest BCUT2D eigenvalue weighted by atomic mass is 10.0. The van der Waals surface area contributed by atoms with Gasteiger partial charge < -0.3 is 19.5 Å². The quantitative estimate of drug-likeness (QED) is 0.289. The van der Waals surface area contributed by atoms with E-state index in [1.165, 1.54) is 11.3 Å². The highest BCUT2D eigenvalue weighted by Crippen LogP contribution is 2.40. The number of thiophene rings is 1. The van der Waals surface area contributed by atoms with Gasteiger partial charge >= 0.3 is 6.09 Å². The molecule has 0 saturated carbocycles. The molecule has 0 aromatic carbocycles. The van der Waals surface area contributed by atoms with Crippen molar-refractivity contribution >= 4 is 39.3 Å². The van der Waals surface area contributed by atoms with E-state index in [4.69, 9.17) is 4.74 Å². The SMILES string of the molecule is Cc1c(-c2nc(Nc3ccc(C4CCN(C(=O)OC(C)(C)C)C4)cn3)ncc2F)sc2c(C(C)C)cn(C)c(=O)c12. The highest BCUT2D eigenvalue weighted by atomic mass is 32.1. The highest BCUT2D eigenvalue weighted by Gasteiger charge is 2.30. The van der Waals surface area contributed by atoms with Crippen LogP contribution in [0.1, 0.15) is 69.6 Å². The maximum Gasteiger partial charge on any atom is 0.410 e. The lowest BCUT2D eigenvalue weighted by molar-refractivity contribution is 0.0292. The van der Waals surface area contributed by atoms with Gasteiger partial charge in [-0.05, 0) is 62.8 Å². The maximum absolute atomic E-state index is 15.1. The predicted octanol–water partition coefficient (Wildman–Crippen LogP) is 6.49. The number of likely N-dealkylation sites (tertiary alicyclic amines) is 1. The Morgan fingerprint density at radius 2 is 1.98 bits per heavy atom. The van der Waals surface area contributed by atoms with Crippen molar-refractivity contribution in [3.8, 4) is 10.6 Å². The molecule has 4 aromatic heterocycles. The first kappa shape index (κ1) is 28.7. The van der Waals surface area contributed by atoms with Crippen molar-refractivity contribution in [1.82, 2.24) is 24.4 Å². The Hall–Kier alpha value is -3.86. The fourth-order valence-electron chi connectivity index (χ4n) is 5.06. The summed E-state index contributed by atoms with van der Waals surface area (Å²) in [4.78, 5) is 40.9. The molecule has 0 bridgehead atoms. The number of aryl methyl sites for hydroxylation is 2. The van der Waals surface area contributed by atoms with Gasteiger partial charge in [0.25, 0.3) is 5.56 Å². The fraction of sp³-hybridized carbons (Fsp3) is 0.433. The number of carbonyl (C=O) groups is 1. The smallest absolute Gasteiger partial charge is 0.410 e. The molecule has 11 heteroatoms. The summed E-state index contributed by atoms with van der Waals surface area (Å²) in [6, 6.07) is 3.78. The van der Waals surface area contributed by atoms with E-state index in [0.717, 1.165) is 28.4 Å². The lowest BCUT2D eigenvalue weighted by Gasteiger charge is -2.24. The fourth-order valence-corrected chi connectivity index (χ4v) is 6.51. The van der Waals surface area contributed by atoms with Crippen LogP contribution >= 0.6 is 11.3 Å². The molecule has 1 N–H and O–H groups in total. The van der Waals surface area contributed by atoms with Crippen LogP contribution in [0.4, 0.5) is 21.0 Å². The van der Waals surface area contributed by atoms with E-state index in [9.17, 15) is 9.59 Å². The predicted molar refractivity (Wildman–Crippen MR) is 160 cm³/mol. The zero-order valence-corrected chi connectivity index (χ0v) is 25.2. The summed E-state index contributed by atoms with van der Waals surface area (Å²) >= 11 is 1.38. The molecule has 0 aliphatic carbocycles. The van der Waals surface area contributed by atoms with E-state index in [-0.39, 0.29) is 35.1 Å². The number of amides is 1. The van der Waals surface area contributed by atoms with Crippen LogP contribution in [0.25, 0.3) is 20.7 Å². The molecule has 1 saturated heterocycles. The third kappa shape index (κ3) is 5.81. The molecule has 0 radical (unpaired) electrons. The molecule has 216 valence electrons. The molecule has 1 aliphatic heterocycles. The molecule has 1 fully saturated rings. The number of ether oxygens (including phenoxy) is 1. The molecule has 41 heavy (non-hydrogen) atoms. The minimum absolute atomic E-state index is 0.113. The number of aromatic nitrogens is 4. The van der Waals surface area contributed by atoms with E-state index in [0.29, 0.717) is 34.7 Å². The molecule has 1 atom stereocenters. The van der Waals surface area contributed by atoms with E-state index < -0.39 is 11.4 Å². The molecule has 1 amide bonds. The highest BCUT2D eigenvalue weighted by molar-refractivity contribution is 7.22. The van der Waals surface area contributed by atoms with Crippen molar-refractivity contribution in [3.63, 3.8) is 0 Å². The van der Waals surface area contributed by atoms with Crippen LogP contribution < -0.4 is 10.9 Å². The van der Waals surface area contributed by atoms with Crippen LogP contribution in [-0.4, -0.2) is 49.2 Å². The van der Waals surface area contributed by atoms with Gasteiger partial charge in [0.05, 0.1) is 16.5 Å². The Morgan fingerprint density at radius 1 is 1.22 bits per heavy atom. The van der Waals surface area contributed by atoms with Gasteiger partial charge in [0.1, 0.15) is 17.1 Å². The summed E-state index contributed by atoms with van der Waals surface area (Å²) in [6.07, 6.45) is 5.29. The molecule has 1 aliphatic rings. The number of fused-ring (bicyclic) bond motifs is 1. The summed E-state index contributed by atoms with van der Waals surface area (Å²) in [7, 11) is 1.74. The summed E-state index contributed by atoms with van der Waals surface area (Å²) in [5, 5.41) is 3.67. The summed E-state index contributed by atoms with van der Waals surface area (Å²) < 4.78 is 23.0. The second-order valence-corrected chi connectivity index (χ2v) is 12.8. The zero-order chi connectivity index (χ0) is 29.6. The van der Waals surface area contributed by atoms with Crippen LogP contribution in [0, 0.1) is 12.7 Å². The number of hydrogen-bond acceptors (Lipinski definition) is 8. The first-order chi connectivity index (χ1) is 19.3. The molecule has 0 spiro atoms. The van der Waals surface area contributed by atoms with Gasteiger partial charge in [-0.15, -0.1) is 11.3 Å². The first-order valence-corrected chi connectivity index (χ1v) is 14.5. The van der Waals surface area contributed by atoms with E-state index in [1.807, 2.05) is 46.0 Å². The van der Waals surface area contributed by atoms with Crippen molar-refractivity contribution in [1.29, 1.82) is 0 Å². The van der Waals surface area contributed by atoms with Crippen molar-refractivity contribution in [2.24, 2.45) is 7.05 Å². The zero-order valence-electron chi connectivity index (χ0n) is 24.4. The number of carbonyl (C=O) groups excluding carboxylic acids is 1. The molecule has 4 aromatic rings. The van der Waals surface area contributed by atoms with E-state index in [2.05, 4.69) is 34.1 Å². The number of hydrogen-bond donors (Lipinski definition) is 1. The molecular weight excluding hydrogens is 543 g/mol. The standard InChI is InChI=1S/C30H35FN6O3S/c1-16(2)20-15-36(7)27(38)23-17(3)25(41-26(20)23)24-21(31)13-33-28(35-24)34-22-9-8-18(12-32-22)19-10-11-37(14-19)29(39)40-30(4,5)6/h8-9,12-13,15-16,19H,10-11,14H2,1-7H3,(H,32,33,34,35). The maximum atomic E-state index is 15.1. The number of rotatable bonds is 5. The van der Waals surface area contributed by atoms with E-state index in [1.54, 1.807) is 22.7 Å². The first-order valence-electron chi connectivity index (χ1n) is 13.7. The second-order valence-electron chi connectivity index (χ2n) is 11.8. The van der Waals surface area contributed by atoms with Crippen LogP contribution in [0.15, 0.2) is 35.5 Å². The normalized spacial score (nSPS) is 15.6. The average Bonchev–Trinajstić information content (AvgIpc) is 3.52. The summed E-state index contributed by atoms with van der Waals surface area (Å²) in [5.41, 5.74) is 2.26. The topological polar surface area (TPSA) is 102 Å². The van der Waals surface area contributed by atoms with Gasteiger partial charge in [0.2, 0.25) is 5.95 Å². The Kier molecular flexibility index (Phi) is 7.58. The van der Waals surface area contributed by atoms with Crippen molar-refractivity contribution in [3.05, 3.63) is 63.6 Å². The van der Waals surface area contributed by atoms with Gasteiger partial charge in [-0.3, -0.25) is 4.79 Å². The average molecular weight is 579 g/mol. The van der Waals surface area contributed by atoms with Crippen LogP contribution in [0.5, 0.6) is 0 Å². The number of nitrogens with one attached hydrogen (secondary N) is 1. The monoisotopic (exact) mass is 578 g/mol. The van der Waals surface area contributed by atoms with Gasteiger partial charge in [-0.25, -0.2) is 24.1 Å². The third-order valence-corrected chi connectivity index (χ3v) is 8.54. The largest absolute Gasteiger partial charge is 0.444 e. The van der Waals surface area contributed by atoms with Crippen LogP contribution in [0.3, 0.4) is 0 Å². The number of pyridine rings is 2. The van der Waals surface area contributed by atoms with Gasteiger partial charge in [0.15, 0.2) is 5.82 Å². The van der Waals surface area contributed by atoms with Crippen LogP contribution in [-0.2, 0) is 11.8 Å². The Balaban J connectivity index is 1.36. The second kappa shape index (κ2) is 10.8. The van der Waals surface area contributed by atoms with Gasteiger partial charge in [-0.2, -0.15) is 0 Å². The Bertz CT molecular complexity index is 1670. The molecule has 9 nitrogen and oxygen atoms in total. The minimum atomic E-state index is -0.563. The molecule has 5 heterocycles. The van der Waals surface area contributed by atoms with Crippen molar-refractivity contribution in [2.75, 3.05) is 18.4 Å². The Morgan fingerprint density at radius 3 is 2.63 bits per heavy atom. The molecule has 5 rings (SSSR count). The van der Waals surface area contributed by atoms with Crippen molar-refractivity contribution < 1.29 is 13.9 Å². The number of halogens is 1. The van der Waals surface area contributed by atoms with Crippen molar-refractivity contribution in [2.45, 2.75) is 65.4 Å². The number of nitrogens with zero attached hydrogens (tertiary/aromatic N) is 5. The number of anilines is 2. The Labute approximate surface area is 242 Å². The van der Waals surface area contributed by atoms with Gasteiger partial charge in [-0.1, -0.05) is 19.9 Å². The summed E-state index contributed by atoms with van der Waals surface area (Å²) in [6.45, 7) is 12.8. The lowest BCUT2D eigenvalue weighted by Crippen LogP contribution is -2.35. The van der Waals surface area contributed by atoms with Gasteiger partial charge in [0, 0.05) is 43.1 Å². The molecular formula is C30H35FN6O3S. The van der Waals surface area contributed by atoms with Crippen LogP contribution in [0.2, 0.25) is 0 Å².